The van der Waals surface area contributed by atoms with Gasteiger partial charge in [0, 0.05) is 23.2 Å². The molecule has 0 spiro atoms. The normalized spacial score (nSPS) is 20.3. The van der Waals surface area contributed by atoms with Crippen molar-refractivity contribution < 1.29 is 5.32 Å². The molecule has 1 aliphatic heterocycles. The first-order valence-electron chi connectivity index (χ1n) is 6.20. The monoisotopic (exact) mass is 215 g/mol. The summed E-state index contributed by atoms with van der Waals surface area (Å²) in [6, 6.07) is 9.28. The summed E-state index contributed by atoms with van der Waals surface area (Å²) >= 11 is 0. The topological polar surface area (TPSA) is 32.4 Å². The molecule has 0 saturated carbocycles. The van der Waals surface area contributed by atoms with Crippen molar-refractivity contribution in [3.63, 3.8) is 0 Å². The second kappa shape index (κ2) is 3.63. The molecule has 0 fully saturated rings. The first-order chi connectivity index (χ1) is 7.77. The maximum atomic E-state index is 3.62. The van der Waals surface area contributed by atoms with E-state index in [0.29, 0.717) is 12.0 Å². The van der Waals surface area contributed by atoms with Crippen LogP contribution in [0.3, 0.4) is 0 Å². The van der Waals surface area contributed by atoms with Crippen LogP contribution in [0, 0.1) is 5.92 Å². The number of benzene rings is 1. The van der Waals surface area contributed by atoms with E-state index in [1.807, 2.05) is 0 Å². The van der Waals surface area contributed by atoms with E-state index in [-0.39, 0.29) is 0 Å². The van der Waals surface area contributed by atoms with Gasteiger partial charge in [-0.1, -0.05) is 32.0 Å². The minimum Gasteiger partial charge on any atom is -0.353 e. The fraction of sp³-hybridized carbons (Fsp3) is 0.429. The third-order valence-electron chi connectivity index (χ3n) is 3.71. The maximum absolute atomic E-state index is 3.62. The highest BCUT2D eigenvalue weighted by atomic mass is 15.0. The minimum atomic E-state index is 0.608. The van der Waals surface area contributed by atoms with Gasteiger partial charge in [-0.2, -0.15) is 0 Å². The van der Waals surface area contributed by atoms with Gasteiger partial charge in [0.25, 0.3) is 0 Å². The Morgan fingerprint density at radius 2 is 2.12 bits per heavy atom. The lowest BCUT2D eigenvalue weighted by molar-refractivity contribution is -0.705. The van der Waals surface area contributed by atoms with Crippen molar-refractivity contribution in [1.82, 2.24) is 4.98 Å². The van der Waals surface area contributed by atoms with Gasteiger partial charge in [0.1, 0.15) is 6.04 Å². The Morgan fingerprint density at radius 1 is 1.31 bits per heavy atom. The molecule has 0 bridgehead atoms. The third-order valence-corrected chi connectivity index (χ3v) is 3.71. The molecule has 1 aliphatic rings. The molecule has 2 heterocycles. The number of hydrogen-bond donors (Lipinski definition) is 2. The predicted molar refractivity (Wildman–Crippen MR) is 66.4 cm³/mol. The van der Waals surface area contributed by atoms with Crippen molar-refractivity contribution in [3.8, 4) is 0 Å². The molecular formula is C14H19N2+. The molecule has 2 nitrogen and oxygen atoms in total. The van der Waals surface area contributed by atoms with E-state index in [1.165, 1.54) is 29.6 Å². The summed E-state index contributed by atoms with van der Waals surface area (Å²) in [6.07, 6.45) is 1.20. The number of para-hydroxylation sites is 1. The highest BCUT2D eigenvalue weighted by Crippen LogP contribution is 2.30. The summed E-state index contributed by atoms with van der Waals surface area (Å²) in [5.74, 6) is 0.687. The van der Waals surface area contributed by atoms with E-state index < -0.39 is 0 Å². The van der Waals surface area contributed by atoms with Crippen LogP contribution in [-0.2, 0) is 6.42 Å². The zero-order valence-electron chi connectivity index (χ0n) is 9.96. The Balaban J connectivity index is 2.21. The van der Waals surface area contributed by atoms with Gasteiger partial charge in [-0.15, -0.1) is 0 Å². The molecular weight excluding hydrogens is 196 g/mol. The van der Waals surface area contributed by atoms with E-state index in [4.69, 9.17) is 0 Å². The van der Waals surface area contributed by atoms with E-state index >= 15 is 0 Å². The number of aromatic amines is 1. The Hall–Kier alpha value is -1.28. The summed E-state index contributed by atoms with van der Waals surface area (Å²) in [6.45, 7) is 5.83. The first-order valence-corrected chi connectivity index (χ1v) is 6.20. The lowest BCUT2D eigenvalue weighted by atomic mass is 9.92. The van der Waals surface area contributed by atoms with Crippen LogP contribution in [0.1, 0.15) is 31.1 Å². The first kappa shape index (κ1) is 9.91. The van der Waals surface area contributed by atoms with Crippen LogP contribution >= 0.6 is 0 Å². The standard InChI is InChI=1S/C14H18N2/c1-9(2)13-14-11(7-8-15-13)10-5-3-4-6-12(10)16-14/h3-6,9,13,15-16H,7-8H2,1-2H3/p+1/t13-/m0/s1. The van der Waals surface area contributed by atoms with Gasteiger partial charge in [-0.05, 0) is 11.6 Å². The van der Waals surface area contributed by atoms with Crippen molar-refractivity contribution in [3.05, 3.63) is 35.5 Å². The number of nitrogens with one attached hydrogen (secondary N) is 1. The van der Waals surface area contributed by atoms with Crippen LogP contribution in [0.4, 0.5) is 0 Å². The molecule has 3 N–H and O–H groups in total. The molecule has 16 heavy (non-hydrogen) atoms. The average Bonchev–Trinajstić information content (AvgIpc) is 2.67. The Labute approximate surface area is 96.1 Å². The van der Waals surface area contributed by atoms with Crippen molar-refractivity contribution in [2.45, 2.75) is 26.3 Å². The highest BCUT2D eigenvalue weighted by Gasteiger charge is 2.28. The molecule has 1 aromatic heterocycles. The molecule has 1 atom stereocenters. The van der Waals surface area contributed by atoms with E-state index in [0.717, 1.165) is 0 Å². The van der Waals surface area contributed by atoms with Crippen molar-refractivity contribution in [1.29, 1.82) is 0 Å². The van der Waals surface area contributed by atoms with Gasteiger partial charge in [0.2, 0.25) is 0 Å². The lowest BCUT2D eigenvalue weighted by Crippen LogP contribution is -2.88. The van der Waals surface area contributed by atoms with Gasteiger partial charge in [0.15, 0.2) is 0 Å². The summed E-state index contributed by atoms with van der Waals surface area (Å²) in [7, 11) is 0. The molecule has 3 rings (SSSR count). The van der Waals surface area contributed by atoms with Crippen LogP contribution < -0.4 is 5.32 Å². The largest absolute Gasteiger partial charge is 0.353 e. The quantitative estimate of drug-likeness (QED) is 0.729. The van der Waals surface area contributed by atoms with Gasteiger partial charge in [-0.25, -0.2) is 0 Å². The number of aromatic nitrogens is 1. The Kier molecular flexibility index (Phi) is 2.25. The van der Waals surface area contributed by atoms with E-state index in [1.54, 1.807) is 5.56 Å². The molecule has 84 valence electrons. The molecule has 0 radical (unpaired) electrons. The molecule has 1 aromatic carbocycles. The van der Waals surface area contributed by atoms with Crippen LogP contribution in [0.15, 0.2) is 24.3 Å². The molecule has 0 aliphatic carbocycles. The van der Waals surface area contributed by atoms with Crippen molar-refractivity contribution in [2.24, 2.45) is 5.92 Å². The Morgan fingerprint density at radius 3 is 2.94 bits per heavy atom. The molecule has 0 unspecified atom stereocenters. The van der Waals surface area contributed by atoms with Crippen molar-refractivity contribution >= 4 is 10.9 Å². The smallest absolute Gasteiger partial charge is 0.129 e. The number of hydrogen-bond acceptors (Lipinski definition) is 0. The summed E-state index contributed by atoms with van der Waals surface area (Å²) in [4.78, 5) is 3.62. The lowest BCUT2D eigenvalue weighted by Gasteiger charge is -2.23. The molecule has 0 amide bonds. The average molecular weight is 215 g/mol. The number of H-pyrrole nitrogens is 1. The maximum Gasteiger partial charge on any atom is 0.129 e. The van der Waals surface area contributed by atoms with Crippen LogP contribution in [0.5, 0.6) is 0 Å². The van der Waals surface area contributed by atoms with Crippen LogP contribution in [0.2, 0.25) is 0 Å². The zero-order valence-corrected chi connectivity index (χ0v) is 9.96. The zero-order chi connectivity index (χ0) is 11.1. The highest BCUT2D eigenvalue weighted by molar-refractivity contribution is 5.84. The number of nitrogens with two attached hydrogens (primary N) is 1. The fourth-order valence-corrected chi connectivity index (χ4v) is 2.91. The van der Waals surface area contributed by atoms with Gasteiger partial charge in [-0.3, -0.25) is 0 Å². The fourth-order valence-electron chi connectivity index (χ4n) is 2.91. The Bertz CT molecular complexity index is 510. The van der Waals surface area contributed by atoms with Gasteiger partial charge in [0.05, 0.1) is 12.2 Å². The van der Waals surface area contributed by atoms with Gasteiger partial charge >= 0.3 is 0 Å². The second-order valence-electron chi connectivity index (χ2n) is 5.11. The molecule has 0 saturated heterocycles. The summed E-state index contributed by atoms with van der Waals surface area (Å²) in [5.41, 5.74) is 4.31. The minimum absolute atomic E-state index is 0.608. The van der Waals surface area contributed by atoms with Gasteiger partial charge < -0.3 is 10.3 Å². The van der Waals surface area contributed by atoms with Crippen LogP contribution in [-0.4, -0.2) is 11.5 Å². The number of rotatable bonds is 1. The second-order valence-corrected chi connectivity index (χ2v) is 5.11. The van der Waals surface area contributed by atoms with Crippen LogP contribution in [0.25, 0.3) is 10.9 Å². The van der Waals surface area contributed by atoms with Crippen molar-refractivity contribution in [2.75, 3.05) is 6.54 Å². The number of quaternary nitrogens is 1. The van der Waals surface area contributed by atoms with E-state index in [2.05, 4.69) is 48.4 Å². The number of fused-ring (bicyclic) bond motifs is 3. The summed E-state index contributed by atoms with van der Waals surface area (Å²) in [5, 5.41) is 3.90. The molecule has 2 heteroatoms. The third kappa shape index (κ3) is 1.37. The van der Waals surface area contributed by atoms with E-state index in [9.17, 15) is 0 Å². The SMILES string of the molecule is CC(C)[C@@H]1[NH2+]CCc2c1[nH]c1ccccc21. The predicted octanol–water partition coefficient (Wildman–Crippen LogP) is 1.98. The summed E-state index contributed by atoms with van der Waals surface area (Å²) < 4.78 is 0. The molecule has 2 aromatic rings.